The minimum Gasteiger partial charge on any atom is -0.280 e. The molecule has 5 heteroatoms. The zero-order chi connectivity index (χ0) is 13.4. The lowest BCUT2D eigenvalue weighted by Crippen LogP contribution is -2.00. The van der Waals surface area contributed by atoms with Crippen molar-refractivity contribution in [3.63, 3.8) is 0 Å². The van der Waals surface area contributed by atoms with Crippen LogP contribution >= 0.6 is 34.2 Å². The van der Waals surface area contributed by atoms with Crippen molar-refractivity contribution in [1.82, 2.24) is 14.5 Å². The topological polar surface area (TPSA) is 30.7 Å². The molecule has 0 aliphatic carbocycles. The lowest BCUT2D eigenvalue weighted by atomic mass is 10.3. The number of hydrogen-bond acceptors (Lipinski definition) is 2. The molecule has 0 unspecified atom stereocenters. The largest absolute Gasteiger partial charge is 0.280 e. The van der Waals surface area contributed by atoms with Gasteiger partial charge < -0.3 is 0 Å². The molecule has 0 spiro atoms. The molecule has 0 radical (unpaired) electrons. The quantitative estimate of drug-likeness (QED) is 0.493. The number of imidazole rings is 1. The molecule has 96 valence electrons. The molecule has 0 aliphatic heterocycles. The molecule has 3 nitrogen and oxygen atoms in total. The first-order chi connectivity index (χ1) is 9.19. The van der Waals surface area contributed by atoms with Gasteiger partial charge in [0.2, 0.25) is 0 Å². The molecule has 0 saturated heterocycles. The maximum atomic E-state index is 6.02. The lowest BCUT2D eigenvalue weighted by molar-refractivity contribution is 0.968. The van der Waals surface area contributed by atoms with Crippen molar-refractivity contribution in [2.75, 3.05) is 0 Å². The van der Waals surface area contributed by atoms with Gasteiger partial charge in [-0.05, 0) is 59.3 Å². The van der Waals surface area contributed by atoms with E-state index in [1.807, 2.05) is 35.9 Å². The van der Waals surface area contributed by atoms with Crippen molar-refractivity contribution in [2.45, 2.75) is 12.8 Å². The first kappa shape index (κ1) is 12.9. The number of nitrogens with zero attached hydrogens (tertiary/aromatic N) is 3. The Kier molecular flexibility index (Phi) is 3.45. The van der Waals surface area contributed by atoms with Crippen molar-refractivity contribution in [2.24, 2.45) is 0 Å². The Hall–Kier alpha value is -1.14. The SMILES string of the molecule is Cc1cnc2c(c1)nc(CCl)n2-c1cccc(I)c1. The molecule has 1 aromatic carbocycles. The van der Waals surface area contributed by atoms with Crippen LogP contribution < -0.4 is 0 Å². The summed E-state index contributed by atoms with van der Waals surface area (Å²) < 4.78 is 3.19. The molecule has 0 saturated carbocycles. The lowest BCUT2D eigenvalue weighted by Gasteiger charge is -2.07. The number of pyridine rings is 1. The standard InChI is InChI=1S/C14H11ClIN3/c1-9-5-12-14(17-8-9)19(13(7-15)18-12)11-4-2-3-10(16)6-11/h2-6,8H,7H2,1H3. The fourth-order valence-corrected chi connectivity index (χ4v) is 2.79. The summed E-state index contributed by atoms with van der Waals surface area (Å²) in [4.78, 5) is 9.06. The highest BCUT2D eigenvalue weighted by atomic mass is 127. The Labute approximate surface area is 129 Å². The first-order valence-corrected chi connectivity index (χ1v) is 7.46. The van der Waals surface area contributed by atoms with Crippen molar-refractivity contribution < 1.29 is 0 Å². The number of hydrogen-bond donors (Lipinski definition) is 0. The third kappa shape index (κ3) is 2.34. The van der Waals surface area contributed by atoms with E-state index in [1.54, 1.807) is 0 Å². The van der Waals surface area contributed by atoms with Gasteiger partial charge in [-0.15, -0.1) is 11.6 Å². The van der Waals surface area contributed by atoms with Crippen LogP contribution in [-0.4, -0.2) is 14.5 Å². The summed E-state index contributed by atoms with van der Waals surface area (Å²) in [5.41, 5.74) is 3.88. The van der Waals surface area contributed by atoms with Crippen LogP contribution in [0.2, 0.25) is 0 Å². The number of halogens is 2. The summed E-state index contributed by atoms with van der Waals surface area (Å²) >= 11 is 8.32. The molecule has 3 rings (SSSR count). The Morgan fingerprint density at radius 1 is 1.32 bits per heavy atom. The van der Waals surface area contributed by atoms with Gasteiger partial charge in [-0.1, -0.05) is 6.07 Å². The molecule has 19 heavy (non-hydrogen) atoms. The first-order valence-electron chi connectivity index (χ1n) is 5.85. The van der Waals surface area contributed by atoms with Crippen molar-refractivity contribution >= 4 is 45.4 Å². The second kappa shape index (κ2) is 5.09. The maximum Gasteiger partial charge on any atom is 0.164 e. The second-order valence-electron chi connectivity index (χ2n) is 4.33. The third-order valence-corrected chi connectivity index (χ3v) is 3.80. The van der Waals surface area contributed by atoms with E-state index in [0.29, 0.717) is 5.88 Å². The molecule has 0 bridgehead atoms. The van der Waals surface area contributed by atoms with Crippen molar-refractivity contribution in [3.8, 4) is 5.69 Å². The minimum absolute atomic E-state index is 0.362. The van der Waals surface area contributed by atoms with E-state index in [0.717, 1.165) is 28.2 Å². The van der Waals surface area contributed by atoms with E-state index in [4.69, 9.17) is 11.6 Å². The van der Waals surface area contributed by atoms with Crippen LogP contribution in [0.1, 0.15) is 11.4 Å². The molecule has 2 heterocycles. The molecule has 3 aromatic rings. The van der Waals surface area contributed by atoms with Gasteiger partial charge in [0, 0.05) is 15.5 Å². The van der Waals surface area contributed by atoms with Crippen LogP contribution in [0, 0.1) is 10.5 Å². The molecule has 0 fully saturated rings. The van der Waals surface area contributed by atoms with Gasteiger partial charge in [-0.2, -0.15) is 0 Å². The number of rotatable bonds is 2. The molecule has 0 atom stereocenters. The number of alkyl halides is 1. The Balaban J connectivity index is 2.32. The summed E-state index contributed by atoms with van der Waals surface area (Å²) in [6.45, 7) is 2.01. The predicted octanol–water partition coefficient (Wildman–Crippen LogP) is 4.07. The second-order valence-corrected chi connectivity index (χ2v) is 5.85. The maximum absolute atomic E-state index is 6.02. The third-order valence-electron chi connectivity index (χ3n) is 2.89. The van der Waals surface area contributed by atoms with E-state index >= 15 is 0 Å². The summed E-state index contributed by atoms with van der Waals surface area (Å²) in [5.74, 6) is 1.18. The molecular weight excluding hydrogens is 373 g/mol. The summed E-state index contributed by atoms with van der Waals surface area (Å²) in [6, 6.07) is 10.2. The van der Waals surface area contributed by atoms with Crippen LogP contribution in [0.5, 0.6) is 0 Å². The summed E-state index contributed by atoms with van der Waals surface area (Å²) in [7, 11) is 0. The van der Waals surface area contributed by atoms with Gasteiger partial charge in [0.1, 0.15) is 11.3 Å². The van der Waals surface area contributed by atoms with Gasteiger partial charge in [0.15, 0.2) is 5.65 Å². The van der Waals surface area contributed by atoms with Gasteiger partial charge >= 0.3 is 0 Å². The van der Waals surface area contributed by atoms with Crippen LogP contribution in [0.25, 0.3) is 16.9 Å². The van der Waals surface area contributed by atoms with E-state index < -0.39 is 0 Å². The number of benzene rings is 1. The van der Waals surface area contributed by atoms with E-state index in [1.165, 1.54) is 3.57 Å². The number of aryl methyl sites for hydroxylation is 1. The van der Waals surface area contributed by atoms with E-state index in [9.17, 15) is 0 Å². The minimum atomic E-state index is 0.362. The van der Waals surface area contributed by atoms with Crippen LogP contribution in [0.3, 0.4) is 0 Å². The Morgan fingerprint density at radius 2 is 2.16 bits per heavy atom. The fraction of sp³-hybridized carbons (Fsp3) is 0.143. The number of fused-ring (bicyclic) bond motifs is 1. The van der Waals surface area contributed by atoms with E-state index in [-0.39, 0.29) is 0 Å². The van der Waals surface area contributed by atoms with Gasteiger partial charge in [-0.25, -0.2) is 9.97 Å². The zero-order valence-electron chi connectivity index (χ0n) is 10.3. The Morgan fingerprint density at radius 3 is 2.89 bits per heavy atom. The molecular formula is C14H11ClIN3. The van der Waals surface area contributed by atoms with Gasteiger partial charge in [-0.3, -0.25) is 4.57 Å². The van der Waals surface area contributed by atoms with Crippen LogP contribution in [0.4, 0.5) is 0 Å². The highest BCUT2D eigenvalue weighted by molar-refractivity contribution is 14.1. The van der Waals surface area contributed by atoms with E-state index in [2.05, 4.69) is 44.7 Å². The van der Waals surface area contributed by atoms with Gasteiger partial charge in [0.25, 0.3) is 0 Å². The average Bonchev–Trinajstić information content (AvgIpc) is 2.76. The highest BCUT2D eigenvalue weighted by Gasteiger charge is 2.13. The Bertz CT molecular complexity index is 752. The predicted molar refractivity (Wildman–Crippen MR) is 85.9 cm³/mol. The fourth-order valence-electron chi connectivity index (χ4n) is 2.09. The molecule has 0 N–H and O–H groups in total. The van der Waals surface area contributed by atoms with Crippen LogP contribution in [-0.2, 0) is 5.88 Å². The summed E-state index contributed by atoms with van der Waals surface area (Å²) in [5, 5.41) is 0. The molecule has 2 aromatic heterocycles. The number of aromatic nitrogens is 3. The molecule has 0 aliphatic rings. The zero-order valence-corrected chi connectivity index (χ0v) is 13.2. The van der Waals surface area contributed by atoms with Crippen molar-refractivity contribution in [1.29, 1.82) is 0 Å². The van der Waals surface area contributed by atoms with Gasteiger partial charge in [0.05, 0.1) is 5.88 Å². The smallest absolute Gasteiger partial charge is 0.164 e. The average molecular weight is 384 g/mol. The van der Waals surface area contributed by atoms with Crippen LogP contribution in [0.15, 0.2) is 36.5 Å². The summed E-state index contributed by atoms with van der Waals surface area (Å²) in [6.07, 6.45) is 1.85. The highest BCUT2D eigenvalue weighted by Crippen LogP contribution is 2.22. The molecule has 0 amide bonds. The normalized spacial score (nSPS) is 11.1. The van der Waals surface area contributed by atoms with Crippen molar-refractivity contribution in [3.05, 3.63) is 51.5 Å². The monoisotopic (exact) mass is 383 g/mol.